The van der Waals surface area contributed by atoms with Crippen molar-refractivity contribution in [2.45, 2.75) is 19.8 Å². The topological polar surface area (TPSA) is 49.3 Å². The van der Waals surface area contributed by atoms with Gasteiger partial charge in [-0.2, -0.15) is 0 Å². The predicted molar refractivity (Wildman–Crippen MR) is 104 cm³/mol. The van der Waals surface area contributed by atoms with E-state index in [1.165, 1.54) is 4.70 Å². The molecule has 0 bridgehead atoms. The Kier molecular flexibility index (Phi) is 4.67. The van der Waals surface area contributed by atoms with Crippen LogP contribution in [0.1, 0.15) is 28.8 Å². The van der Waals surface area contributed by atoms with Crippen LogP contribution in [-0.4, -0.2) is 47.0 Å². The summed E-state index contributed by atoms with van der Waals surface area (Å²) in [6.07, 6.45) is 2.01. The van der Waals surface area contributed by atoms with E-state index in [0.717, 1.165) is 54.7 Å². The van der Waals surface area contributed by atoms with Crippen molar-refractivity contribution in [2.75, 3.05) is 31.1 Å². The first-order chi connectivity index (χ1) is 12.2. The fourth-order valence-electron chi connectivity index (χ4n) is 3.00. The lowest BCUT2D eigenvalue weighted by Crippen LogP contribution is -2.48. The molecule has 0 spiro atoms. The van der Waals surface area contributed by atoms with E-state index in [4.69, 9.17) is 4.98 Å². The number of nitrogens with zero attached hydrogens (tertiary/aromatic N) is 4. The summed E-state index contributed by atoms with van der Waals surface area (Å²) in [6, 6.07) is 8.21. The Morgan fingerprint density at radius 3 is 2.72 bits per heavy atom. The zero-order valence-electron chi connectivity index (χ0n) is 14.1. The molecule has 1 saturated heterocycles. The maximum Gasteiger partial charge on any atom is 0.273 e. The third-order valence-electron chi connectivity index (χ3n) is 4.35. The SMILES string of the molecule is CCCc1nc(C(=O)N2CCN(c3nc4ccccc4s3)CC2)cs1. The van der Waals surface area contributed by atoms with E-state index < -0.39 is 0 Å². The quantitative estimate of drug-likeness (QED) is 0.701. The van der Waals surface area contributed by atoms with Crippen LogP contribution in [0.25, 0.3) is 10.2 Å². The predicted octanol–water partition coefficient (Wildman–Crippen LogP) is 3.67. The van der Waals surface area contributed by atoms with E-state index in [0.29, 0.717) is 5.69 Å². The second-order valence-corrected chi connectivity index (χ2v) is 8.07. The molecule has 3 heterocycles. The maximum atomic E-state index is 12.6. The van der Waals surface area contributed by atoms with Gasteiger partial charge in [-0.3, -0.25) is 4.79 Å². The Bertz CT molecular complexity index is 847. The number of amides is 1. The number of carbonyl (C=O) groups excluding carboxylic acids is 1. The van der Waals surface area contributed by atoms with Crippen LogP contribution in [-0.2, 0) is 6.42 Å². The highest BCUT2D eigenvalue weighted by atomic mass is 32.1. The van der Waals surface area contributed by atoms with Crippen molar-refractivity contribution in [3.63, 3.8) is 0 Å². The number of rotatable bonds is 4. The summed E-state index contributed by atoms with van der Waals surface area (Å²) < 4.78 is 1.21. The number of benzene rings is 1. The summed E-state index contributed by atoms with van der Waals surface area (Å²) in [5, 5.41) is 4.00. The minimum absolute atomic E-state index is 0.0579. The van der Waals surface area contributed by atoms with Crippen molar-refractivity contribution in [2.24, 2.45) is 0 Å². The largest absolute Gasteiger partial charge is 0.345 e. The molecule has 2 aromatic heterocycles. The van der Waals surface area contributed by atoms with Gasteiger partial charge in [0.05, 0.1) is 15.2 Å². The summed E-state index contributed by atoms with van der Waals surface area (Å²) in [5.41, 5.74) is 1.65. The lowest BCUT2D eigenvalue weighted by Gasteiger charge is -2.34. The minimum atomic E-state index is 0.0579. The van der Waals surface area contributed by atoms with Gasteiger partial charge in [-0.05, 0) is 25.0 Å². The molecule has 1 aromatic carbocycles. The molecule has 0 saturated carbocycles. The van der Waals surface area contributed by atoms with Crippen LogP contribution < -0.4 is 4.90 Å². The molecule has 7 heteroatoms. The van der Waals surface area contributed by atoms with Crippen molar-refractivity contribution in [3.8, 4) is 0 Å². The van der Waals surface area contributed by atoms with Crippen molar-refractivity contribution in [1.82, 2.24) is 14.9 Å². The molecular formula is C18H20N4OS2. The van der Waals surface area contributed by atoms with Crippen LogP contribution in [0.3, 0.4) is 0 Å². The highest BCUT2D eigenvalue weighted by molar-refractivity contribution is 7.22. The smallest absolute Gasteiger partial charge is 0.273 e. The van der Waals surface area contributed by atoms with Crippen molar-refractivity contribution >= 4 is 43.9 Å². The van der Waals surface area contributed by atoms with Gasteiger partial charge in [-0.25, -0.2) is 9.97 Å². The Morgan fingerprint density at radius 2 is 1.96 bits per heavy atom. The van der Waals surface area contributed by atoms with Crippen molar-refractivity contribution in [3.05, 3.63) is 40.3 Å². The van der Waals surface area contributed by atoms with Crippen LogP contribution >= 0.6 is 22.7 Å². The Hall–Kier alpha value is -1.99. The monoisotopic (exact) mass is 372 g/mol. The molecule has 25 heavy (non-hydrogen) atoms. The molecule has 1 fully saturated rings. The van der Waals surface area contributed by atoms with Crippen LogP contribution in [0, 0.1) is 0 Å². The Labute approximate surface area is 154 Å². The van der Waals surface area contributed by atoms with Gasteiger partial charge >= 0.3 is 0 Å². The first-order valence-electron chi connectivity index (χ1n) is 8.59. The molecule has 1 aliphatic rings. The van der Waals surface area contributed by atoms with Crippen LogP contribution in [0.5, 0.6) is 0 Å². The number of carbonyl (C=O) groups is 1. The van der Waals surface area contributed by atoms with Gasteiger partial charge in [0.15, 0.2) is 5.13 Å². The molecule has 0 unspecified atom stereocenters. The lowest BCUT2D eigenvalue weighted by molar-refractivity contribution is 0.0741. The number of anilines is 1. The van der Waals surface area contributed by atoms with Gasteiger partial charge in [-0.15, -0.1) is 11.3 Å². The molecule has 3 aromatic rings. The van der Waals surface area contributed by atoms with Gasteiger partial charge in [0.2, 0.25) is 0 Å². The Balaban J connectivity index is 1.41. The lowest BCUT2D eigenvalue weighted by atomic mass is 10.3. The molecule has 130 valence electrons. The molecular weight excluding hydrogens is 352 g/mol. The molecule has 5 nitrogen and oxygen atoms in total. The molecule has 1 amide bonds. The van der Waals surface area contributed by atoms with Gasteiger partial charge in [0.25, 0.3) is 5.91 Å². The third-order valence-corrected chi connectivity index (χ3v) is 6.36. The summed E-state index contributed by atoms with van der Waals surface area (Å²) in [5.74, 6) is 0.0579. The average Bonchev–Trinajstić information content (AvgIpc) is 3.28. The third kappa shape index (κ3) is 3.39. The van der Waals surface area contributed by atoms with Crippen molar-refractivity contribution in [1.29, 1.82) is 0 Å². The van der Waals surface area contributed by atoms with Crippen LogP contribution in [0.15, 0.2) is 29.6 Å². The summed E-state index contributed by atoms with van der Waals surface area (Å²) in [6.45, 7) is 5.20. The maximum absolute atomic E-state index is 12.6. The molecule has 4 rings (SSSR count). The van der Waals surface area contributed by atoms with E-state index >= 15 is 0 Å². The van der Waals surface area contributed by atoms with Crippen LogP contribution in [0.2, 0.25) is 0 Å². The number of para-hydroxylation sites is 1. The standard InChI is InChI=1S/C18H20N4OS2/c1-2-5-16-19-14(12-24-16)17(23)21-8-10-22(11-9-21)18-20-13-6-3-4-7-15(13)25-18/h3-4,6-7,12H,2,5,8-11H2,1H3. The van der Waals surface area contributed by atoms with Gasteiger partial charge < -0.3 is 9.80 Å². The first-order valence-corrected chi connectivity index (χ1v) is 10.3. The molecule has 0 N–H and O–H groups in total. The van der Waals surface area contributed by atoms with E-state index in [-0.39, 0.29) is 5.91 Å². The zero-order chi connectivity index (χ0) is 17.2. The van der Waals surface area contributed by atoms with Crippen molar-refractivity contribution < 1.29 is 4.79 Å². The number of fused-ring (bicyclic) bond motifs is 1. The molecule has 0 aliphatic carbocycles. The number of piperazine rings is 1. The summed E-state index contributed by atoms with van der Waals surface area (Å²) >= 11 is 3.31. The second kappa shape index (κ2) is 7.09. The number of hydrogen-bond donors (Lipinski definition) is 0. The van der Waals surface area contributed by atoms with Crippen LogP contribution in [0.4, 0.5) is 5.13 Å². The number of thiazole rings is 2. The molecule has 0 radical (unpaired) electrons. The highest BCUT2D eigenvalue weighted by Crippen LogP contribution is 2.29. The van der Waals surface area contributed by atoms with Gasteiger partial charge in [0.1, 0.15) is 5.69 Å². The van der Waals surface area contributed by atoms with E-state index in [1.54, 1.807) is 22.7 Å². The van der Waals surface area contributed by atoms with E-state index in [2.05, 4.69) is 22.9 Å². The normalized spacial score (nSPS) is 15.1. The Morgan fingerprint density at radius 1 is 1.16 bits per heavy atom. The van der Waals surface area contributed by atoms with Gasteiger partial charge in [-0.1, -0.05) is 30.4 Å². The number of hydrogen-bond acceptors (Lipinski definition) is 6. The molecule has 1 aliphatic heterocycles. The van der Waals surface area contributed by atoms with E-state index in [9.17, 15) is 4.79 Å². The second-order valence-electron chi connectivity index (χ2n) is 6.12. The zero-order valence-corrected chi connectivity index (χ0v) is 15.8. The average molecular weight is 373 g/mol. The van der Waals surface area contributed by atoms with E-state index in [1.807, 2.05) is 28.5 Å². The number of aryl methyl sites for hydroxylation is 1. The fraction of sp³-hybridized carbons (Fsp3) is 0.389. The van der Waals surface area contributed by atoms with Gasteiger partial charge in [0, 0.05) is 31.6 Å². The number of aromatic nitrogens is 2. The summed E-state index contributed by atoms with van der Waals surface area (Å²) in [4.78, 5) is 26.0. The fourth-order valence-corrected chi connectivity index (χ4v) is 4.89. The first kappa shape index (κ1) is 16.5. The summed E-state index contributed by atoms with van der Waals surface area (Å²) in [7, 11) is 0. The molecule has 0 atom stereocenters. The highest BCUT2D eigenvalue weighted by Gasteiger charge is 2.25. The minimum Gasteiger partial charge on any atom is -0.345 e.